The Labute approximate surface area is 169 Å². The number of rotatable bonds is 8. The van der Waals surface area contributed by atoms with Crippen LogP contribution in [-0.4, -0.2) is 49.2 Å². The second kappa shape index (κ2) is 9.53. The van der Waals surface area contributed by atoms with E-state index in [0.717, 1.165) is 38.9 Å². The normalized spacial score (nSPS) is 17.2. The van der Waals surface area contributed by atoms with Gasteiger partial charge in [0.1, 0.15) is 0 Å². The van der Waals surface area contributed by atoms with Gasteiger partial charge in [-0.05, 0) is 84.1 Å². The number of carbonyl (C=O) groups excluding carboxylic acids is 1. The largest absolute Gasteiger partial charge is 0.303 e. The van der Waals surface area contributed by atoms with Gasteiger partial charge in [-0.15, -0.1) is 0 Å². The molecule has 1 saturated heterocycles. The number of hydrogen-bond donors (Lipinski definition) is 0. The van der Waals surface area contributed by atoms with Crippen LogP contribution in [0.3, 0.4) is 0 Å². The number of likely N-dealkylation sites (tertiary alicyclic amines) is 1. The van der Waals surface area contributed by atoms with Crippen LogP contribution >= 0.6 is 11.6 Å². The Bertz CT molecular complexity index is 732. The molecule has 0 unspecified atom stereocenters. The van der Waals surface area contributed by atoms with E-state index >= 15 is 0 Å². The summed E-state index contributed by atoms with van der Waals surface area (Å²) in [5, 5.41) is 0.600. The molecule has 0 saturated carbocycles. The quantitative estimate of drug-likeness (QED) is 0.583. The third-order valence-electron chi connectivity index (χ3n) is 5.45. The summed E-state index contributed by atoms with van der Waals surface area (Å²) in [7, 11) is -3.03. The van der Waals surface area contributed by atoms with Crippen molar-refractivity contribution in [2.75, 3.05) is 25.4 Å². The molecule has 1 aliphatic rings. The van der Waals surface area contributed by atoms with E-state index in [4.69, 9.17) is 11.6 Å². The molecule has 0 aliphatic carbocycles. The highest BCUT2D eigenvalue weighted by Gasteiger charge is 2.28. The Kier molecular flexibility index (Phi) is 7.90. The van der Waals surface area contributed by atoms with Gasteiger partial charge >= 0.3 is 0 Å². The van der Waals surface area contributed by atoms with Gasteiger partial charge in [0.25, 0.3) is 0 Å². The molecular formula is C21H32ClNO3S. The van der Waals surface area contributed by atoms with Gasteiger partial charge in [-0.2, -0.15) is 0 Å². The zero-order valence-electron chi connectivity index (χ0n) is 16.7. The third kappa shape index (κ3) is 6.88. The first kappa shape index (κ1) is 22.4. The van der Waals surface area contributed by atoms with Crippen molar-refractivity contribution in [2.45, 2.75) is 57.6 Å². The lowest BCUT2D eigenvalue weighted by molar-refractivity contribution is 0.0962. The van der Waals surface area contributed by atoms with E-state index in [0.29, 0.717) is 29.3 Å². The topological polar surface area (TPSA) is 54.5 Å². The van der Waals surface area contributed by atoms with Crippen molar-refractivity contribution in [1.82, 2.24) is 4.90 Å². The van der Waals surface area contributed by atoms with Crippen LogP contribution in [0, 0.1) is 5.92 Å². The van der Waals surface area contributed by atoms with E-state index < -0.39 is 14.6 Å². The monoisotopic (exact) mass is 413 g/mol. The number of sulfone groups is 1. The number of Topliss-reactive ketones (excluding diaryl/α,β-unsaturated/α-hetero) is 1. The zero-order chi connectivity index (χ0) is 20.1. The van der Waals surface area contributed by atoms with Crippen LogP contribution in [0.4, 0.5) is 0 Å². The van der Waals surface area contributed by atoms with Crippen LogP contribution in [-0.2, 0) is 9.84 Å². The average molecular weight is 414 g/mol. The summed E-state index contributed by atoms with van der Waals surface area (Å²) in [6, 6.07) is 7.15. The van der Waals surface area contributed by atoms with Crippen molar-refractivity contribution < 1.29 is 13.2 Å². The first-order valence-electron chi connectivity index (χ1n) is 9.82. The second-order valence-electron chi connectivity index (χ2n) is 8.54. The summed E-state index contributed by atoms with van der Waals surface area (Å²) in [5.41, 5.74) is 0.694. The molecule has 1 heterocycles. The van der Waals surface area contributed by atoms with E-state index in [-0.39, 0.29) is 11.5 Å². The highest BCUT2D eigenvalue weighted by molar-refractivity contribution is 7.92. The van der Waals surface area contributed by atoms with Crippen molar-refractivity contribution in [3.8, 4) is 0 Å². The van der Waals surface area contributed by atoms with E-state index in [1.807, 2.05) is 12.1 Å². The van der Waals surface area contributed by atoms with Gasteiger partial charge in [0.05, 0.1) is 10.5 Å². The Balaban J connectivity index is 1.67. The van der Waals surface area contributed by atoms with Crippen LogP contribution in [0.1, 0.15) is 63.2 Å². The fourth-order valence-electron chi connectivity index (χ4n) is 3.42. The van der Waals surface area contributed by atoms with Crippen LogP contribution in [0.5, 0.6) is 0 Å². The third-order valence-corrected chi connectivity index (χ3v) is 8.38. The smallest absolute Gasteiger partial charge is 0.162 e. The lowest BCUT2D eigenvalue weighted by Crippen LogP contribution is -2.36. The molecule has 4 nitrogen and oxygen atoms in total. The van der Waals surface area contributed by atoms with Crippen molar-refractivity contribution in [1.29, 1.82) is 0 Å². The molecule has 0 amide bonds. The predicted octanol–water partition coefficient (Wildman–Crippen LogP) is 4.62. The minimum Gasteiger partial charge on any atom is -0.303 e. The maximum atomic E-state index is 12.3. The van der Waals surface area contributed by atoms with Crippen LogP contribution < -0.4 is 0 Å². The number of benzene rings is 1. The predicted molar refractivity (Wildman–Crippen MR) is 112 cm³/mol. The first-order valence-corrected chi connectivity index (χ1v) is 11.8. The van der Waals surface area contributed by atoms with Crippen molar-refractivity contribution in [2.24, 2.45) is 5.92 Å². The molecule has 1 aromatic carbocycles. The summed E-state index contributed by atoms with van der Waals surface area (Å²) < 4.78 is 23.7. The number of piperidine rings is 1. The maximum absolute atomic E-state index is 12.3. The van der Waals surface area contributed by atoms with Gasteiger partial charge in [-0.3, -0.25) is 4.79 Å². The molecule has 0 spiro atoms. The number of ketones is 1. The lowest BCUT2D eigenvalue weighted by atomic mass is 9.90. The minimum absolute atomic E-state index is 0.160. The van der Waals surface area contributed by atoms with Gasteiger partial charge < -0.3 is 4.90 Å². The van der Waals surface area contributed by atoms with Crippen LogP contribution in [0.2, 0.25) is 5.02 Å². The van der Waals surface area contributed by atoms with Gasteiger partial charge in [0.2, 0.25) is 0 Å². The molecule has 0 atom stereocenters. The Morgan fingerprint density at radius 1 is 1.22 bits per heavy atom. The summed E-state index contributed by atoms with van der Waals surface area (Å²) in [6.07, 6.45) is 4.33. The fraction of sp³-hybridized carbons (Fsp3) is 0.667. The second-order valence-corrected chi connectivity index (χ2v) is 11.8. The molecule has 0 aromatic heterocycles. The van der Waals surface area contributed by atoms with Gasteiger partial charge in [-0.25, -0.2) is 8.42 Å². The number of carbonyl (C=O) groups is 1. The molecule has 6 heteroatoms. The van der Waals surface area contributed by atoms with E-state index in [1.165, 1.54) is 0 Å². The zero-order valence-corrected chi connectivity index (χ0v) is 18.3. The van der Waals surface area contributed by atoms with Gasteiger partial charge in [0, 0.05) is 17.0 Å². The van der Waals surface area contributed by atoms with Crippen LogP contribution in [0.25, 0.3) is 0 Å². The number of halogens is 1. The maximum Gasteiger partial charge on any atom is 0.162 e. The molecule has 0 bridgehead atoms. The van der Waals surface area contributed by atoms with E-state index in [1.54, 1.807) is 32.9 Å². The Morgan fingerprint density at radius 2 is 1.89 bits per heavy atom. The summed E-state index contributed by atoms with van der Waals surface area (Å²) in [5.74, 6) is 0.986. The molecule has 1 aromatic rings. The summed E-state index contributed by atoms with van der Waals surface area (Å²) in [4.78, 5) is 14.6. The molecular weight excluding hydrogens is 382 g/mol. The Hall–Kier alpha value is -0.910. The van der Waals surface area contributed by atoms with Crippen molar-refractivity contribution >= 4 is 27.2 Å². The standard InChI is InChI=1S/C21H32ClNO3S/c1-21(2,3)27(25,26)15-5-12-23-13-10-17(11-14-23)8-9-20(24)18-6-4-7-19(22)16-18/h4,6-7,16-17H,5,8-15H2,1-3H3. The number of hydrogen-bond acceptors (Lipinski definition) is 4. The highest BCUT2D eigenvalue weighted by atomic mass is 35.5. The first-order chi connectivity index (χ1) is 12.6. The summed E-state index contributed by atoms with van der Waals surface area (Å²) >= 11 is 5.95. The highest BCUT2D eigenvalue weighted by Crippen LogP contribution is 2.24. The van der Waals surface area contributed by atoms with Gasteiger partial charge in [-0.1, -0.05) is 23.7 Å². The SMILES string of the molecule is CC(C)(C)S(=O)(=O)CCCN1CCC(CCC(=O)c2cccc(Cl)c2)CC1. The molecule has 152 valence electrons. The summed E-state index contributed by atoms with van der Waals surface area (Å²) in [6.45, 7) is 8.11. The average Bonchev–Trinajstić information content (AvgIpc) is 2.59. The van der Waals surface area contributed by atoms with Gasteiger partial charge in [0.15, 0.2) is 15.6 Å². The molecule has 1 fully saturated rings. The lowest BCUT2D eigenvalue weighted by Gasteiger charge is -2.32. The molecule has 27 heavy (non-hydrogen) atoms. The van der Waals surface area contributed by atoms with E-state index in [9.17, 15) is 13.2 Å². The molecule has 1 aliphatic heterocycles. The minimum atomic E-state index is -3.03. The Morgan fingerprint density at radius 3 is 2.48 bits per heavy atom. The molecule has 0 N–H and O–H groups in total. The fourth-order valence-corrected chi connectivity index (χ4v) is 4.74. The molecule has 2 rings (SSSR count). The van der Waals surface area contributed by atoms with Crippen molar-refractivity contribution in [3.63, 3.8) is 0 Å². The number of nitrogens with zero attached hydrogens (tertiary/aromatic N) is 1. The van der Waals surface area contributed by atoms with Crippen LogP contribution in [0.15, 0.2) is 24.3 Å². The van der Waals surface area contributed by atoms with E-state index in [2.05, 4.69) is 4.90 Å². The van der Waals surface area contributed by atoms with Crippen molar-refractivity contribution in [3.05, 3.63) is 34.9 Å². The molecule has 0 radical (unpaired) electrons.